The van der Waals surface area contributed by atoms with Crippen LogP contribution in [0.15, 0.2) is 18.2 Å². The smallest absolute Gasteiger partial charge is 0.387 e. The van der Waals surface area contributed by atoms with Crippen LogP contribution in [0, 0.1) is 11.8 Å². The molecule has 0 spiro atoms. The van der Waals surface area contributed by atoms with Gasteiger partial charge in [0.05, 0.1) is 18.4 Å². The molecule has 6 nitrogen and oxygen atoms in total. The second kappa shape index (κ2) is 9.53. The van der Waals surface area contributed by atoms with E-state index in [2.05, 4.69) is 14.8 Å². The van der Waals surface area contributed by atoms with Crippen molar-refractivity contribution in [2.24, 2.45) is 17.6 Å². The van der Waals surface area contributed by atoms with E-state index in [9.17, 15) is 18.4 Å². The van der Waals surface area contributed by atoms with Gasteiger partial charge in [0.2, 0.25) is 5.91 Å². The molecule has 1 aliphatic carbocycles. The predicted molar refractivity (Wildman–Crippen MR) is 90.2 cm³/mol. The Balaban J connectivity index is 0.00000312. The number of benzene rings is 1. The first-order chi connectivity index (χ1) is 11.5. The number of amides is 1. The SMILES string of the molecule is COC(=O)c1ccc(NC(=O)[C@@H]2CCC[C@@H]2CN)c(OC(F)F)c1.Cl. The van der Waals surface area contributed by atoms with Gasteiger partial charge in [-0.05, 0) is 43.5 Å². The number of esters is 1. The number of alkyl halides is 2. The minimum absolute atomic E-state index is 0. The van der Waals surface area contributed by atoms with E-state index in [1.54, 1.807) is 0 Å². The molecule has 0 heterocycles. The largest absolute Gasteiger partial charge is 0.465 e. The summed E-state index contributed by atoms with van der Waals surface area (Å²) in [6.45, 7) is -2.68. The fraction of sp³-hybridized carbons (Fsp3) is 0.500. The fourth-order valence-corrected chi connectivity index (χ4v) is 2.95. The average Bonchev–Trinajstić information content (AvgIpc) is 3.03. The van der Waals surface area contributed by atoms with E-state index in [0.717, 1.165) is 18.9 Å². The molecule has 0 saturated heterocycles. The summed E-state index contributed by atoms with van der Waals surface area (Å²) in [5.74, 6) is -1.43. The molecule has 2 rings (SSSR count). The van der Waals surface area contributed by atoms with Crippen molar-refractivity contribution in [1.29, 1.82) is 0 Å². The van der Waals surface area contributed by atoms with Crippen LogP contribution >= 0.6 is 12.4 Å². The quantitative estimate of drug-likeness (QED) is 0.743. The van der Waals surface area contributed by atoms with Gasteiger partial charge >= 0.3 is 12.6 Å². The summed E-state index contributed by atoms with van der Waals surface area (Å²) in [4.78, 5) is 23.9. The van der Waals surface area contributed by atoms with E-state index in [-0.39, 0.29) is 47.2 Å². The van der Waals surface area contributed by atoms with Crippen molar-refractivity contribution in [2.75, 3.05) is 19.0 Å². The Morgan fingerprint density at radius 1 is 1.36 bits per heavy atom. The molecule has 25 heavy (non-hydrogen) atoms. The highest BCUT2D eigenvalue weighted by molar-refractivity contribution is 5.96. The van der Waals surface area contributed by atoms with E-state index in [4.69, 9.17) is 5.73 Å². The maximum atomic E-state index is 12.6. The Labute approximate surface area is 150 Å². The molecule has 1 aromatic rings. The van der Waals surface area contributed by atoms with E-state index in [1.807, 2.05) is 0 Å². The van der Waals surface area contributed by atoms with Crippen molar-refractivity contribution in [3.8, 4) is 5.75 Å². The second-order valence-corrected chi connectivity index (χ2v) is 5.60. The number of methoxy groups -OCH3 is 1. The Bertz CT molecular complexity index is 616. The molecule has 1 aliphatic rings. The van der Waals surface area contributed by atoms with Gasteiger partial charge < -0.3 is 20.5 Å². The highest BCUT2D eigenvalue weighted by Crippen LogP contribution is 2.34. The second-order valence-electron chi connectivity index (χ2n) is 5.60. The predicted octanol–water partition coefficient (Wildman–Crippen LogP) is 2.81. The monoisotopic (exact) mass is 378 g/mol. The van der Waals surface area contributed by atoms with Crippen molar-refractivity contribution in [3.05, 3.63) is 23.8 Å². The molecular formula is C16H21ClF2N2O4. The van der Waals surface area contributed by atoms with Crippen molar-refractivity contribution in [2.45, 2.75) is 25.9 Å². The zero-order valence-electron chi connectivity index (χ0n) is 13.7. The third-order valence-corrected chi connectivity index (χ3v) is 4.18. The van der Waals surface area contributed by atoms with Crippen LogP contribution in [0.5, 0.6) is 5.75 Å². The number of hydrogen-bond donors (Lipinski definition) is 2. The molecule has 0 radical (unpaired) electrons. The summed E-state index contributed by atoms with van der Waals surface area (Å²) in [5, 5.41) is 2.60. The third-order valence-electron chi connectivity index (χ3n) is 4.18. The number of nitrogens with one attached hydrogen (secondary N) is 1. The number of nitrogens with two attached hydrogens (primary N) is 1. The number of ether oxygens (including phenoxy) is 2. The minimum Gasteiger partial charge on any atom is -0.465 e. The zero-order chi connectivity index (χ0) is 17.7. The molecule has 1 fully saturated rings. The Kier molecular flexibility index (Phi) is 8.05. The summed E-state index contributed by atoms with van der Waals surface area (Å²) >= 11 is 0. The molecular weight excluding hydrogens is 358 g/mol. The van der Waals surface area contributed by atoms with Gasteiger partial charge in [0.15, 0.2) is 0 Å². The number of carbonyl (C=O) groups is 2. The van der Waals surface area contributed by atoms with Crippen molar-refractivity contribution in [3.63, 3.8) is 0 Å². The van der Waals surface area contributed by atoms with Gasteiger partial charge in [-0.25, -0.2) is 4.79 Å². The fourth-order valence-electron chi connectivity index (χ4n) is 2.95. The van der Waals surface area contributed by atoms with Gasteiger partial charge in [-0.15, -0.1) is 12.4 Å². The summed E-state index contributed by atoms with van der Waals surface area (Å²) in [7, 11) is 1.18. The van der Waals surface area contributed by atoms with E-state index < -0.39 is 12.6 Å². The standard InChI is InChI=1S/C16H20F2N2O4.ClH/c1-23-15(22)9-5-6-12(13(7-9)24-16(17)18)20-14(21)11-4-2-3-10(11)8-19;/h5-7,10-11,16H,2-4,8,19H2,1H3,(H,20,21);1H/t10-,11-;/m1./s1. The lowest BCUT2D eigenvalue weighted by atomic mass is 9.95. The number of hydrogen-bond acceptors (Lipinski definition) is 5. The number of carbonyl (C=O) groups excluding carboxylic acids is 2. The molecule has 1 aromatic carbocycles. The van der Waals surface area contributed by atoms with Crippen molar-refractivity contribution < 1.29 is 27.8 Å². The minimum atomic E-state index is -3.09. The van der Waals surface area contributed by atoms with E-state index in [1.165, 1.54) is 19.2 Å². The van der Waals surface area contributed by atoms with Crippen molar-refractivity contribution >= 4 is 30.0 Å². The van der Waals surface area contributed by atoms with Gasteiger partial charge in [-0.3, -0.25) is 4.79 Å². The highest BCUT2D eigenvalue weighted by atomic mass is 35.5. The van der Waals surface area contributed by atoms with Crippen molar-refractivity contribution in [1.82, 2.24) is 0 Å². The van der Waals surface area contributed by atoms with Crippen LogP contribution < -0.4 is 15.8 Å². The normalized spacial score (nSPS) is 19.2. The molecule has 2 atom stereocenters. The highest BCUT2D eigenvalue weighted by Gasteiger charge is 2.32. The first-order valence-electron chi connectivity index (χ1n) is 7.64. The first kappa shape index (κ1) is 21.1. The lowest BCUT2D eigenvalue weighted by Crippen LogP contribution is -2.30. The molecule has 1 saturated carbocycles. The molecule has 1 amide bonds. The summed E-state index contributed by atoms with van der Waals surface area (Å²) < 4.78 is 34.2. The van der Waals surface area contributed by atoms with Gasteiger partial charge in [0, 0.05) is 5.92 Å². The Morgan fingerprint density at radius 2 is 2.08 bits per heavy atom. The van der Waals surface area contributed by atoms with Gasteiger partial charge in [-0.1, -0.05) is 6.42 Å². The molecule has 140 valence electrons. The van der Waals surface area contributed by atoms with E-state index in [0.29, 0.717) is 13.0 Å². The van der Waals surface area contributed by atoms with E-state index >= 15 is 0 Å². The molecule has 0 unspecified atom stereocenters. The zero-order valence-corrected chi connectivity index (χ0v) is 14.5. The topological polar surface area (TPSA) is 90.7 Å². The van der Waals surface area contributed by atoms with Crippen LogP contribution in [0.4, 0.5) is 14.5 Å². The maximum absolute atomic E-state index is 12.6. The first-order valence-corrected chi connectivity index (χ1v) is 7.64. The van der Waals surface area contributed by atoms with Gasteiger partial charge in [-0.2, -0.15) is 8.78 Å². The Morgan fingerprint density at radius 3 is 2.68 bits per heavy atom. The Hall–Kier alpha value is -1.93. The molecule has 0 bridgehead atoms. The van der Waals surface area contributed by atoms with Crippen LogP contribution in [-0.4, -0.2) is 32.1 Å². The molecule has 3 N–H and O–H groups in total. The maximum Gasteiger partial charge on any atom is 0.387 e. The lowest BCUT2D eigenvalue weighted by Gasteiger charge is -2.19. The van der Waals surface area contributed by atoms with Crippen LogP contribution in [0.2, 0.25) is 0 Å². The van der Waals surface area contributed by atoms with Gasteiger partial charge in [0.1, 0.15) is 5.75 Å². The molecule has 0 aromatic heterocycles. The van der Waals surface area contributed by atoms with Gasteiger partial charge in [0.25, 0.3) is 0 Å². The average molecular weight is 379 g/mol. The summed E-state index contributed by atoms with van der Waals surface area (Å²) in [6, 6.07) is 3.83. The van der Waals surface area contributed by atoms with Crippen LogP contribution in [-0.2, 0) is 9.53 Å². The summed E-state index contributed by atoms with van der Waals surface area (Å²) in [6.07, 6.45) is 2.48. The van der Waals surface area contributed by atoms with Crippen LogP contribution in [0.1, 0.15) is 29.6 Å². The lowest BCUT2D eigenvalue weighted by molar-refractivity contribution is -0.120. The molecule has 0 aliphatic heterocycles. The third kappa shape index (κ3) is 5.27. The number of anilines is 1. The summed E-state index contributed by atoms with van der Waals surface area (Å²) in [5.41, 5.74) is 5.79. The van der Waals surface area contributed by atoms with Crippen LogP contribution in [0.3, 0.4) is 0 Å². The number of rotatable bonds is 6. The van der Waals surface area contributed by atoms with Crippen LogP contribution in [0.25, 0.3) is 0 Å². The number of halogens is 3. The molecule has 9 heteroatoms.